The highest BCUT2D eigenvalue weighted by Crippen LogP contribution is 2.18. The topological polar surface area (TPSA) is 40.5 Å². The quantitative estimate of drug-likeness (QED) is 0.852. The fourth-order valence-electron chi connectivity index (χ4n) is 2.22. The van der Waals surface area contributed by atoms with Crippen LogP contribution in [0.1, 0.15) is 22.6 Å². The summed E-state index contributed by atoms with van der Waals surface area (Å²) in [5.41, 5.74) is 0. The lowest BCUT2D eigenvalue weighted by molar-refractivity contribution is -0.127. The van der Waals surface area contributed by atoms with E-state index in [4.69, 9.17) is 5.11 Å². The summed E-state index contributed by atoms with van der Waals surface area (Å²) in [7, 11) is 0. The van der Waals surface area contributed by atoms with Gasteiger partial charge >= 0.3 is 0 Å². The Balaban J connectivity index is 1.93. The standard InChI is InChI=1S/C14H19NO2S/c1-11-4-5-13(18-11)6-7-14(17)15-8-2-3-12(9-15)10-16/h4-7,12,16H,2-3,8-10H2,1H3/b7-6+. The van der Waals surface area contributed by atoms with Gasteiger partial charge in [0.2, 0.25) is 5.91 Å². The van der Waals surface area contributed by atoms with E-state index in [9.17, 15) is 4.79 Å². The number of aliphatic hydroxyl groups excluding tert-OH is 1. The molecular weight excluding hydrogens is 246 g/mol. The third-order valence-electron chi connectivity index (χ3n) is 3.24. The zero-order valence-electron chi connectivity index (χ0n) is 10.6. The van der Waals surface area contributed by atoms with E-state index in [-0.39, 0.29) is 18.4 Å². The Bertz CT molecular complexity index is 439. The van der Waals surface area contributed by atoms with Crippen LogP contribution < -0.4 is 0 Å². The van der Waals surface area contributed by atoms with Gasteiger partial charge in [0.1, 0.15) is 0 Å². The number of nitrogens with zero attached hydrogens (tertiary/aromatic N) is 1. The van der Waals surface area contributed by atoms with E-state index in [0.29, 0.717) is 6.54 Å². The summed E-state index contributed by atoms with van der Waals surface area (Å²) in [6.45, 7) is 3.73. The summed E-state index contributed by atoms with van der Waals surface area (Å²) in [6.07, 6.45) is 5.53. The Morgan fingerprint density at radius 3 is 3.11 bits per heavy atom. The average molecular weight is 265 g/mol. The molecule has 2 rings (SSSR count). The predicted octanol–water partition coefficient (Wildman–Crippen LogP) is 2.30. The van der Waals surface area contributed by atoms with Gasteiger partial charge in [0.05, 0.1) is 0 Å². The summed E-state index contributed by atoms with van der Waals surface area (Å²) < 4.78 is 0. The number of piperidine rings is 1. The van der Waals surface area contributed by atoms with Crippen molar-refractivity contribution in [3.05, 3.63) is 28.0 Å². The van der Waals surface area contributed by atoms with Crippen molar-refractivity contribution in [3.8, 4) is 0 Å². The van der Waals surface area contributed by atoms with Crippen molar-refractivity contribution in [3.63, 3.8) is 0 Å². The van der Waals surface area contributed by atoms with E-state index in [0.717, 1.165) is 24.3 Å². The maximum absolute atomic E-state index is 12.0. The number of carbonyl (C=O) groups is 1. The highest BCUT2D eigenvalue weighted by molar-refractivity contribution is 7.12. The zero-order chi connectivity index (χ0) is 13.0. The summed E-state index contributed by atoms with van der Waals surface area (Å²) >= 11 is 1.68. The lowest BCUT2D eigenvalue weighted by atomic mass is 9.99. The van der Waals surface area contributed by atoms with E-state index < -0.39 is 0 Å². The van der Waals surface area contributed by atoms with Crippen LogP contribution in [0.15, 0.2) is 18.2 Å². The van der Waals surface area contributed by atoms with Crippen molar-refractivity contribution in [2.24, 2.45) is 5.92 Å². The van der Waals surface area contributed by atoms with Crippen molar-refractivity contribution >= 4 is 23.3 Å². The Morgan fingerprint density at radius 2 is 2.44 bits per heavy atom. The van der Waals surface area contributed by atoms with Gasteiger partial charge in [-0.05, 0) is 43.9 Å². The molecular formula is C14H19NO2S. The Hall–Kier alpha value is -1.13. The SMILES string of the molecule is Cc1ccc(/C=C/C(=O)N2CCCC(CO)C2)s1. The number of carbonyl (C=O) groups excluding carboxylic acids is 1. The number of aliphatic hydroxyl groups is 1. The molecule has 0 radical (unpaired) electrons. The molecule has 1 amide bonds. The second kappa shape index (κ2) is 6.16. The maximum Gasteiger partial charge on any atom is 0.246 e. The molecule has 1 aromatic heterocycles. The lowest BCUT2D eigenvalue weighted by Gasteiger charge is -2.31. The molecule has 1 atom stereocenters. The molecule has 1 unspecified atom stereocenters. The summed E-state index contributed by atoms with van der Waals surface area (Å²) in [5, 5.41) is 9.15. The van der Waals surface area contributed by atoms with E-state index >= 15 is 0 Å². The molecule has 4 heteroatoms. The van der Waals surface area contributed by atoms with Crippen molar-refractivity contribution < 1.29 is 9.90 Å². The van der Waals surface area contributed by atoms with Gasteiger partial charge in [-0.2, -0.15) is 0 Å². The number of likely N-dealkylation sites (tertiary alicyclic amines) is 1. The van der Waals surface area contributed by atoms with Crippen LogP contribution in [0.5, 0.6) is 0 Å². The molecule has 1 fully saturated rings. The van der Waals surface area contributed by atoms with Crippen LogP contribution >= 0.6 is 11.3 Å². The second-order valence-electron chi connectivity index (χ2n) is 4.76. The van der Waals surface area contributed by atoms with Gasteiger partial charge in [-0.15, -0.1) is 11.3 Å². The zero-order valence-corrected chi connectivity index (χ0v) is 11.4. The first-order valence-corrected chi connectivity index (χ1v) is 7.15. The fraction of sp³-hybridized carbons (Fsp3) is 0.500. The molecule has 1 saturated heterocycles. The number of rotatable bonds is 3. The van der Waals surface area contributed by atoms with E-state index in [1.165, 1.54) is 4.88 Å². The van der Waals surface area contributed by atoms with Crippen molar-refractivity contribution in [1.82, 2.24) is 4.90 Å². The fourth-order valence-corrected chi connectivity index (χ4v) is 3.00. The third kappa shape index (κ3) is 3.43. The Kier molecular flexibility index (Phi) is 4.55. The minimum atomic E-state index is 0.0548. The van der Waals surface area contributed by atoms with Crippen LogP contribution in [-0.2, 0) is 4.79 Å². The van der Waals surface area contributed by atoms with Crippen molar-refractivity contribution in [1.29, 1.82) is 0 Å². The summed E-state index contributed by atoms with van der Waals surface area (Å²) in [4.78, 5) is 16.2. The minimum absolute atomic E-state index is 0.0548. The predicted molar refractivity (Wildman–Crippen MR) is 74.5 cm³/mol. The van der Waals surface area contributed by atoms with Crippen LogP contribution in [-0.4, -0.2) is 35.6 Å². The maximum atomic E-state index is 12.0. The van der Waals surface area contributed by atoms with Crippen molar-refractivity contribution in [2.45, 2.75) is 19.8 Å². The van der Waals surface area contributed by atoms with Crippen LogP contribution in [0.25, 0.3) is 6.08 Å². The van der Waals surface area contributed by atoms with E-state index in [1.54, 1.807) is 17.4 Å². The molecule has 0 saturated carbocycles. The second-order valence-corrected chi connectivity index (χ2v) is 6.08. The molecule has 98 valence electrons. The summed E-state index contributed by atoms with van der Waals surface area (Å²) in [5.74, 6) is 0.305. The monoisotopic (exact) mass is 265 g/mol. The largest absolute Gasteiger partial charge is 0.396 e. The van der Waals surface area contributed by atoms with Gasteiger partial charge in [-0.25, -0.2) is 0 Å². The minimum Gasteiger partial charge on any atom is -0.396 e. The number of thiophene rings is 1. The number of amides is 1. The highest BCUT2D eigenvalue weighted by atomic mass is 32.1. The Morgan fingerprint density at radius 1 is 1.61 bits per heavy atom. The van der Waals surface area contributed by atoms with Gasteiger partial charge in [0, 0.05) is 35.5 Å². The third-order valence-corrected chi connectivity index (χ3v) is 4.21. The molecule has 0 aromatic carbocycles. The molecule has 0 aliphatic carbocycles. The molecule has 1 aliphatic rings. The first kappa shape index (κ1) is 13.3. The smallest absolute Gasteiger partial charge is 0.246 e. The first-order chi connectivity index (χ1) is 8.69. The molecule has 1 aromatic rings. The normalized spacial score (nSPS) is 20.6. The summed E-state index contributed by atoms with van der Waals surface area (Å²) in [6, 6.07) is 4.08. The Labute approximate surface area is 112 Å². The number of aryl methyl sites for hydroxylation is 1. The van der Waals surface area contributed by atoms with Crippen LogP contribution in [0.4, 0.5) is 0 Å². The van der Waals surface area contributed by atoms with E-state index in [2.05, 4.69) is 13.0 Å². The molecule has 2 heterocycles. The van der Waals surface area contributed by atoms with Crippen LogP contribution in [0.3, 0.4) is 0 Å². The van der Waals surface area contributed by atoms with Crippen LogP contribution in [0.2, 0.25) is 0 Å². The molecule has 3 nitrogen and oxygen atoms in total. The number of hydrogen-bond acceptors (Lipinski definition) is 3. The molecule has 1 aliphatic heterocycles. The van der Waals surface area contributed by atoms with Gasteiger partial charge in [0.15, 0.2) is 0 Å². The molecule has 0 spiro atoms. The first-order valence-electron chi connectivity index (χ1n) is 6.33. The van der Waals surface area contributed by atoms with E-state index in [1.807, 2.05) is 17.0 Å². The van der Waals surface area contributed by atoms with Gasteiger partial charge < -0.3 is 10.0 Å². The van der Waals surface area contributed by atoms with Gasteiger partial charge in [-0.3, -0.25) is 4.79 Å². The molecule has 18 heavy (non-hydrogen) atoms. The molecule has 1 N–H and O–H groups in total. The van der Waals surface area contributed by atoms with Crippen LogP contribution in [0, 0.1) is 12.8 Å². The molecule has 0 bridgehead atoms. The lowest BCUT2D eigenvalue weighted by Crippen LogP contribution is -2.40. The highest BCUT2D eigenvalue weighted by Gasteiger charge is 2.21. The van der Waals surface area contributed by atoms with Gasteiger partial charge in [0.25, 0.3) is 0 Å². The van der Waals surface area contributed by atoms with Crippen molar-refractivity contribution in [2.75, 3.05) is 19.7 Å². The van der Waals surface area contributed by atoms with Gasteiger partial charge in [-0.1, -0.05) is 0 Å². The number of hydrogen-bond donors (Lipinski definition) is 1. The average Bonchev–Trinajstić information content (AvgIpc) is 2.82.